The maximum Gasteiger partial charge on any atom is 0.0561 e. The lowest BCUT2D eigenvalue weighted by atomic mass is 9.83. The third kappa shape index (κ3) is 4.04. The molecule has 1 aromatic heterocycles. The molecule has 3 heteroatoms. The van der Waals surface area contributed by atoms with E-state index in [1.165, 1.54) is 37.0 Å². The Kier molecular flexibility index (Phi) is 5.86. The Morgan fingerprint density at radius 2 is 2.16 bits per heavy atom. The van der Waals surface area contributed by atoms with E-state index in [-0.39, 0.29) is 0 Å². The van der Waals surface area contributed by atoms with Crippen molar-refractivity contribution >= 4 is 11.3 Å². The number of thiophene rings is 1. The maximum absolute atomic E-state index is 3.86. The Bertz CT molecular complexity index is 348. The fourth-order valence-corrected chi connectivity index (χ4v) is 4.17. The molecule has 0 amide bonds. The quantitative estimate of drug-likeness (QED) is 0.850. The lowest BCUT2D eigenvalue weighted by Gasteiger charge is -2.34. The molecule has 2 nitrogen and oxygen atoms in total. The molecule has 108 valence electrons. The van der Waals surface area contributed by atoms with Crippen LogP contribution in [0, 0.1) is 5.92 Å². The van der Waals surface area contributed by atoms with Crippen molar-refractivity contribution < 1.29 is 0 Å². The fourth-order valence-electron chi connectivity index (χ4n) is 3.25. The zero-order valence-electron chi connectivity index (χ0n) is 12.6. The van der Waals surface area contributed by atoms with Gasteiger partial charge in [-0.15, -0.1) is 11.3 Å². The highest BCUT2D eigenvalue weighted by Gasteiger charge is 2.24. The second-order valence-corrected chi connectivity index (χ2v) is 6.94. The molecule has 2 rings (SSSR count). The SMILES string of the molecule is CCC1CCCCC1NCC(c1cccs1)N(C)C. The highest BCUT2D eigenvalue weighted by Crippen LogP contribution is 2.28. The fraction of sp³-hybridized carbons (Fsp3) is 0.750. The highest BCUT2D eigenvalue weighted by molar-refractivity contribution is 7.10. The van der Waals surface area contributed by atoms with Gasteiger partial charge in [-0.3, -0.25) is 0 Å². The van der Waals surface area contributed by atoms with Crippen LogP contribution in [0.1, 0.15) is 49.9 Å². The molecule has 0 bridgehead atoms. The zero-order chi connectivity index (χ0) is 13.7. The third-order valence-electron chi connectivity index (χ3n) is 4.50. The van der Waals surface area contributed by atoms with Crippen molar-refractivity contribution in [1.29, 1.82) is 0 Å². The van der Waals surface area contributed by atoms with E-state index in [0.29, 0.717) is 6.04 Å². The second kappa shape index (κ2) is 7.41. The number of nitrogens with zero attached hydrogens (tertiary/aromatic N) is 1. The number of nitrogens with one attached hydrogen (secondary N) is 1. The molecule has 0 spiro atoms. The zero-order valence-corrected chi connectivity index (χ0v) is 13.4. The predicted molar refractivity (Wildman–Crippen MR) is 84.8 cm³/mol. The summed E-state index contributed by atoms with van der Waals surface area (Å²) >= 11 is 1.87. The minimum absolute atomic E-state index is 0.513. The summed E-state index contributed by atoms with van der Waals surface area (Å²) in [5.74, 6) is 0.889. The Hall–Kier alpha value is -0.380. The van der Waals surface area contributed by atoms with E-state index >= 15 is 0 Å². The van der Waals surface area contributed by atoms with Crippen LogP contribution in [0.5, 0.6) is 0 Å². The van der Waals surface area contributed by atoms with Crippen LogP contribution in [0.3, 0.4) is 0 Å². The van der Waals surface area contributed by atoms with Gasteiger partial charge in [0, 0.05) is 17.5 Å². The van der Waals surface area contributed by atoms with Crippen molar-refractivity contribution in [3.05, 3.63) is 22.4 Å². The van der Waals surface area contributed by atoms with Crippen molar-refractivity contribution in [2.24, 2.45) is 5.92 Å². The first kappa shape index (κ1) is 15.0. The Morgan fingerprint density at radius 1 is 1.37 bits per heavy atom. The molecule has 3 atom stereocenters. The van der Waals surface area contributed by atoms with Gasteiger partial charge in [0.1, 0.15) is 0 Å². The smallest absolute Gasteiger partial charge is 0.0561 e. The van der Waals surface area contributed by atoms with E-state index < -0.39 is 0 Å². The van der Waals surface area contributed by atoms with Crippen LogP contribution in [-0.2, 0) is 0 Å². The molecule has 1 fully saturated rings. The van der Waals surface area contributed by atoms with Crippen LogP contribution >= 0.6 is 11.3 Å². The van der Waals surface area contributed by atoms with Gasteiger partial charge in [-0.1, -0.05) is 32.3 Å². The first-order valence-corrected chi connectivity index (χ1v) is 8.53. The van der Waals surface area contributed by atoms with Gasteiger partial charge in [0.05, 0.1) is 6.04 Å². The highest BCUT2D eigenvalue weighted by atomic mass is 32.1. The van der Waals surface area contributed by atoms with Gasteiger partial charge in [-0.25, -0.2) is 0 Å². The van der Waals surface area contributed by atoms with Gasteiger partial charge >= 0.3 is 0 Å². The summed E-state index contributed by atoms with van der Waals surface area (Å²) in [4.78, 5) is 3.81. The molecule has 1 N–H and O–H groups in total. The summed E-state index contributed by atoms with van der Waals surface area (Å²) < 4.78 is 0. The van der Waals surface area contributed by atoms with Gasteiger partial charge < -0.3 is 10.2 Å². The Morgan fingerprint density at radius 3 is 2.79 bits per heavy atom. The topological polar surface area (TPSA) is 15.3 Å². The van der Waals surface area contributed by atoms with Crippen molar-refractivity contribution in [2.75, 3.05) is 20.6 Å². The molecular weight excluding hydrogens is 252 g/mol. The minimum atomic E-state index is 0.513. The summed E-state index contributed by atoms with van der Waals surface area (Å²) in [6, 6.07) is 5.67. The summed E-state index contributed by atoms with van der Waals surface area (Å²) in [5, 5.41) is 6.04. The lowest BCUT2D eigenvalue weighted by molar-refractivity contribution is 0.223. The summed E-state index contributed by atoms with van der Waals surface area (Å²) in [5.41, 5.74) is 0. The van der Waals surface area contributed by atoms with E-state index in [9.17, 15) is 0 Å². The van der Waals surface area contributed by atoms with Crippen LogP contribution < -0.4 is 5.32 Å². The molecule has 3 unspecified atom stereocenters. The van der Waals surface area contributed by atoms with E-state index in [0.717, 1.165) is 18.5 Å². The van der Waals surface area contributed by atoms with Gasteiger partial charge in [0.15, 0.2) is 0 Å². The average molecular weight is 280 g/mol. The average Bonchev–Trinajstić information content (AvgIpc) is 2.93. The molecule has 1 heterocycles. The van der Waals surface area contributed by atoms with Gasteiger partial charge in [-0.05, 0) is 44.3 Å². The van der Waals surface area contributed by atoms with E-state index in [1.54, 1.807) is 0 Å². The molecule has 1 saturated carbocycles. The number of hydrogen-bond donors (Lipinski definition) is 1. The van der Waals surface area contributed by atoms with Crippen LogP contribution in [-0.4, -0.2) is 31.6 Å². The molecule has 0 aliphatic heterocycles. The first-order chi connectivity index (χ1) is 9.22. The molecule has 0 radical (unpaired) electrons. The number of likely N-dealkylation sites (N-methyl/N-ethyl adjacent to an activating group) is 1. The van der Waals surface area contributed by atoms with Crippen molar-refractivity contribution in [3.8, 4) is 0 Å². The largest absolute Gasteiger partial charge is 0.312 e. The molecular formula is C16H28N2S. The summed E-state index contributed by atoms with van der Waals surface area (Å²) in [6.45, 7) is 3.42. The second-order valence-electron chi connectivity index (χ2n) is 5.96. The van der Waals surface area contributed by atoms with Crippen molar-refractivity contribution in [2.45, 2.75) is 51.1 Å². The lowest BCUT2D eigenvalue weighted by Crippen LogP contribution is -2.42. The van der Waals surface area contributed by atoms with Gasteiger partial charge in [0.25, 0.3) is 0 Å². The van der Waals surface area contributed by atoms with Crippen LogP contribution in [0.2, 0.25) is 0 Å². The minimum Gasteiger partial charge on any atom is -0.312 e. The summed E-state index contributed by atoms with van der Waals surface area (Å²) in [7, 11) is 4.37. The van der Waals surface area contributed by atoms with E-state index in [2.05, 4.69) is 48.7 Å². The summed E-state index contributed by atoms with van der Waals surface area (Å²) in [6.07, 6.45) is 6.94. The third-order valence-corrected chi connectivity index (χ3v) is 5.48. The van der Waals surface area contributed by atoms with Crippen molar-refractivity contribution in [1.82, 2.24) is 10.2 Å². The van der Waals surface area contributed by atoms with Crippen molar-refractivity contribution in [3.63, 3.8) is 0 Å². The predicted octanol–water partition coefficient (Wildman–Crippen LogP) is 3.91. The Labute approximate surface area is 122 Å². The van der Waals surface area contributed by atoms with Gasteiger partial charge in [-0.2, -0.15) is 0 Å². The maximum atomic E-state index is 3.86. The van der Waals surface area contributed by atoms with E-state index in [1.807, 2.05) is 11.3 Å². The molecule has 1 aromatic rings. The standard InChI is InChI=1S/C16H28N2S/c1-4-13-8-5-6-9-14(13)17-12-15(18(2)3)16-10-7-11-19-16/h7,10-11,13-15,17H,4-6,8-9,12H2,1-3H3. The normalized spacial score (nSPS) is 25.7. The number of hydrogen-bond acceptors (Lipinski definition) is 3. The molecule has 1 aliphatic rings. The van der Waals surface area contributed by atoms with Crippen LogP contribution in [0.25, 0.3) is 0 Å². The molecule has 0 saturated heterocycles. The monoisotopic (exact) mass is 280 g/mol. The molecule has 19 heavy (non-hydrogen) atoms. The van der Waals surface area contributed by atoms with Gasteiger partial charge in [0.2, 0.25) is 0 Å². The Balaban J connectivity index is 1.91. The van der Waals surface area contributed by atoms with Crippen LogP contribution in [0.4, 0.5) is 0 Å². The molecule has 0 aromatic carbocycles. The first-order valence-electron chi connectivity index (χ1n) is 7.65. The van der Waals surface area contributed by atoms with E-state index in [4.69, 9.17) is 0 Å². The molecule has 1 aliphatic carbocycles. The number of rotatable bonds is 6. The van der Waals surface area contributed by atoms with Crippen LogP contribution in [0.15, 0.2) is 17.5 Å².